The minimum Gasteiger partial charge on any atom is -0.412 e. The van der Waals surface area contributed by atoms with Crippen LogP contribution in [0.25, 0.3) is 0 Å². The number of halogens is 1. The molecule has 3 N–H and O–H groups in total. The summed E-state index contributed by atoms with van der Waals surface area (Å²) in [6.45, 7) is 2.25. The number of carbonyl (C=O) groups is 4. The minimum atomic E-state index is -3.52. The van der Waals surface area contributed by atoms with E-state index in [0.29, 0.717) is 60.4 Å². The molecule has 1 aromatic rings. The van der Waals surface area contributed by atoms with Crippen molar-refractivity contribution in [3.05, 3.63) is 53.1 Å². The molecule has 35 heavy (non-hydrogen) atoms. The van der Waals surface area contributed by atoms with Crippen LogP contribution < -0.4 is 10.5 Å². The number of benzene rings is 1. The number of likely N-dealkylation sites (tertiary alicyclic amines) is 1. The molecule has 4 rings (SSSR count). The van der Waals surface area contributed by atoms with Crippen molar-refractivity contribution in [1.29, 1.82) is 0 Å². The van der Waals surface area contributed by atoms with Crippen LogP contribution in [-0.2, 0) is 44.7 Å². The molecule has 0 bridgehead atoms. The third-order valence-corrected chi connectivity index (χ3v) is 5.64. The summed E-state index contributed by atoms with van der Waals surface area (Å²) in [7, 11) is 0. The van der Waals surface area contributed by atoms with Gasteiger partial charge in [-0.1, -0.05) is 11.6 Å². The molecule has 3 heterocycles. The maximum absolute atomic E-state index is 12.3. The van der Waals surface area contributed by atoms with Crippen molar-refractivity contribution in [1.82, 2.24) is 4.90 Å². The van der Waals surface area contributed by atoms with E-state index in [0.717, 1.165) is 13.0 Å². The maximum atomic E-state index is 12.3. The Morgan fingerprint density at radius 3 is 2.11 bits per heavy atom. The zero-order valence-electron chi connectivity index (χ0n) is 18.2. The van der Waals surface area contributed by atoms with Gasteiger partial charge in [0, 0.05) is 48.0 Å². The number of nitrogens with two attached hydrogens (primary N) is 1. The van der Waals surface area contributed by atoms with Gasteiger partial charge in [-0.25, -0.2) is 19.2 Å². The van der Waals surface area contributed by atoms with E-state index in [-0.39, 0.29) is 5.75 Å². The van der Waals surface area contributed by atoms with E-state index < -0.39 is 35.8 Å². The summed E-state index contributed by atoms with van der Waals surface area (Å²) in [5.41, 5.74) is 6.20. The van der Waals surface area contributed by atoms with Crippen molar-refractivity contribution in [2.45, 2.75) is 24.9 Å². The summed E-state index contributed by atoms with van der Waals surface area (Å²) in [6, 6.07) is 4.34. The third kappa shape index (κ3) is 5.30. The summed E-state index contributed by atoms with van der Waals surface area (Å²) in [5, 5.41) is 11.4. The highest BCUT2D eigenvalue weighted by Gasteiger charge is 2.70. The summed E-state index contributed by atoms with van der Waals surface area (Å²) in [5.74, 6) is -11.6. The van der Waals surface area contributed by atoms with Crippen LogP contribution >= 0.6 is 11.6 Å². The molecular formula is C22H21ClN2O10. The predicted molar refractivity (Wildman–Crippen MR) is 115 cm³/mol. The van der Waals surface area contributed by atoms with E-state index in [1.165, 1.54) is 12.1 Å². The number of hydrogen-bond acceptors (Lipinski definition) is 12. The number of ether oxygens (including phenoxy) is 5. The van der Waals surface area contributed by atoms with Gasteiger partial charge in [0.05, 0.1) is 0 Å². The number of rotatable bonds is 6. The highest BCUT2D eigenvalue weighted by atomic mass is 35.5. The number of aliphatic hydroxyl groups is 1. The molecular weight excluding hydrogens is 488 g/mol. The zero-order chi connectivity index (χ0) is 25.2. The van der Waals surface area contributed by atoms with Crippen LogP contribution in [0.4, 0.5) is 0 Å². The van der Waals surface area contributed by atoms with Crippen LogP contribution in [0.15, 0.2) is 42.5 Å². The van der Waals surface area contributed by atoms with Gasteiger partial charge >= 0.3 is 35.8 Å². The molecule has 0 radical (unpaired) electrons. The molecule has 1 fully saturated rings. The van der Waals surface area contributed by atoms with E-state index in [2.05, 4.69) is 4.90 Å². The number of cyclic esters (lactones) is 4. The first kappa shape index (κ1) is 24.7. The molecule has 13 heteroatoms. The third-order valence-electron chi connectivity index (χ3n) is 5.41. The molecule has 186 valence electrons. The summed E-state index contributed by atoms with van der Waals surface area (Å²) >= 11 is 6.17. The molecule has 1 aromatic carbocycles. The average molecular weight is 509 g/mol. The fourth-order valence-corrected chi connectivity index (χ4v) is 3.95. The summed E-state index contributed by atoms with van der Waals surface area (Å²) in [6.07, 6.45) is 3.57. The first-order valence-electron chi connectivity index (χ1n) is 10.5. The Labute approximate surface area is 203 Å². The number of nitrogens with zero attached hydrogens (tertiary/aromatic N) is 1. The van der Waals surface area contributed by atoms with Crippen LogP contribution in [0.5, 0.6) is 5.75 Å². The average Bonchev–Trinajstić information content (AvgIpc) is 3.12. The van der Waals surface area contributed by atoms with E-state index in [9.17, 15) is 24.3 Å². The van der Waals surface area contributed by atoms with Gasteiger partial charge in [0.25, 0.3) is 0 Å². The highest BCUT2D eigenvalue weighted by molar-refractivity contribution is 6.30. The largest absolute Gasteiger partial charge is 0.537 e. The number of hydrogen-bond donors (Lipinski definition) is 2. The first-order valence-corrected chi connectivity index (χ1v) is 10.9. The van der Waals surface area contributed by atoms with Crippen molar-refractivity contribution in [2.24, 2.45) is 11.7 Å². The Morgan fingerprint density at radius 1 is 1.00 bits per heavy atom. The Bertz CT molecular complexity index is 1080. The van der Waals surface area contributed by atoms with E-state index in [1.807, 2.05) is 0 Å². The van der Waals surface area contributed by atoms with Gasteiger partial charge in [0.2, 0.25) is 0 Å². The van der Waals surface area contributed by atoms with Gasteiger partial charge in [0.1, 0.15) is 5.75 Å². The first-order chi connectivity index (χ1) is 16.6. The Kier molecular flexibility index (Phi) is 6.81. The predicted octanol–water partition coefficient (Wildman–Crippen LogP) is 0.112. The Morgan fingerprint density at radius 2 is 1.57 bits per heavy atom. The van der Waals surface area contributed by atoms with Crippen LogP contribution in [-0.4, -0.2) is 65.5 Å². The number of esters is 4. The molecule has 1 atom stereocenters. The molecule has 0 amide bonds. The standard InChI is InChI=1S/C22H21ClN2O10/c23-15-1-2-16(14(9-15)12-25-8-7-13(10-24)11-25)31-22(34-19(28)5-6-20(29)35-22)21(30)32-17(26)3-4-18(27)33-21/h1-6,9,13,30H,7-8,10-12,24H2/t13-/m0/s1. The molecule has 0 aromatic heterocycles. The van der Waals surface area contributed by atoms with Gasteiger partial charge in [-0.3, -0.25) is 4.90 Å². The van der Waals surface area contributed by atoms with Crippen LogP contribution in [0.3, 0.4) is 0 Å². The second-order valence-corrected chi connectivity index (χ2v) is 8.41. The minimum absolute atomic E-state index is 0.0779. The van der Waals surface area contributed by atoms with Gasteiger partial charge < -0.3 is 34.5 Å². The molecule has 3 aliphatic rings. The lowest BCUT2D eigenvalue weighted by molar-refractivity contribution is -0.490. The Balaban J connectivity index is 1.75. The van der Waals surface area contributed by atoms with Crippen molar-refractivity contribution < 1.29 is 48.0 Å². The van der Waals surface area contributed by atoms with Crippen LogP contribution in [0, 0.1) is 5.92 Å². The van der Waals surface area contributed by atoms with Crippen LogP contribution in [0.1, 0.15) is 12.0 Å². The SMILES string of the molecule is NC[C@@H]1CCN(Cc2cc(Cl)ccc2OC2(C3(O)OC(=O)C=CC(=O)O3)OC(=O)C=CC(=O)O2)C1. The summed E-state index contributed by atoms with van der Waals surface area (Å²) < 4.78 is 25.5. The highest BCUT2D eigenvalue weighted by Crippen LogP contribution is 2.39. The van der Waals surface area contributed by atoms with Crippen molar-refractivity contribution >= 4 is 35.5 Å². The molecule has 0 unspecified atom stereocenters. The lowest BCUT2D eigenvalue weighted by atomic mass is 10.1. The van der Waals surface area contributed by atoms with Crippen LogP contribution in [0.2, 0.25) is 5.02 Å². The molecule has 12 nitrogen and oxygen atoms in total. The van der Waals surface area contributed by atoms with Crippen molar-refractivity contribution in [3.63, 3.8) is 0 Å². The number of carbonyl (C=O) groups excluding carboxylic acids is 4. The molecule has 0 saturated carbocycles. The second kappa shape index (κ2) is 9.66. The maximum Gasteiger partial charge on any atom is 0.537 e. The molecule has 1 saturated heterocycles. The van der Waals surface area contributed by atoms with Crippen molar-refractivity contribution in [3.8, 4) is 5.75 Å². The smallest absolute Gasteiger partial charge is 0.412 e. The van der Waals surface area contributed by atoms with Crippen molar-refractivity contribution in [2.75, 3.05) is 19.6 Å². The molecule has 0 spiro atoms. The molecule has 3 aliphatic heterocycles. The quantitative estimate of drug-likeness (QED) is 0.499. The fourth-order valence-electron chi connectivity index (χ4n) is 3.75. The van der Waals surface area contributed by atoms with Gasteiger partial charge in [-0.15, -0.1) is 0 Å². The zero-order valence-corrected chi connectivity index (χ0v) is 18.9. The second-order valence-electron chi connectivity index (χ2n) is 7.97. The van der Waals surface area contributed by atoms with E-state index in [1.54, 1.807) is 6.07 Å². The molecule has 0 aliphatic carbocycles. The lowest BCUT2D eigenvalue weighted by Crippen LogP contribution is -2.66. The van der Waals surface area contributed by atoms with Gasteiger partial charge in [-0.05, 0) is 43.6 Å². The Hall–Kier alpha value is -3.45. The topological polar surface area (TPSA) is 164 Å². The van der Waals surface area contributed by atoms with Gasteiger partial charge in [-0.2, -0.15) is 0 Å². The monoisotopic (exact) mass is 508 g/mol. The fraction of sp³-hybridized carbons (Fsp3) is 0.364. The van der Waals surface area contributed by atoms with Gasteiger partial charge in [0.15, 0.2) is 0 Å². The summed E-state index contributed by atoms with van der Waals surface area (Å²) in [4.78, 5) is 50.7. The lowest BCUT2D eigenvalue weighted by Gasteiger charge is -2.38. The van der Waals surface area contributed by atoms with E-state index >= 15 is 0 Å². The normalized spacial score (nSPS) is 23.6. The van der Waals surface area contributed by atoms with E-state index in [4.69, 9.17) is 41.0 Å².